The first-order chi connectivity index (χ1) is 11.4. The molecule has 1 aliphatic heterocycles. The molecule has 1 aromatic carbocycles. The number of aliphatic hydroxyl groups is 6. The Morgan fingerprint density at radius 2 is 1.79 bits per heavy atom. The van der Waals surface area contributed by atoms with Crippen molar-refractivity contribution in [2.24, 2.45) is 0 Å². The van der Waals surface area contributed by atoms with Gasteiger partial charge in [-0.05, 0) is 17.7 Å². The normalized spacial score (nSPS) is 31.7. The summed E-state index contributed by atoms with van der Waals surface area (Å²) in [5.74, 6) is -0.351. The lowest BCUT2D eigenvalue weighted by Crippen LogP contribution is -2.60. The van der Waals surface area contributed by atoms with Crippen molar-refractivity contribution in [2.75, 3.05) is 13.2 Å². The summed E-state index contributed by atoms with van der Waals surface area (Å²) < 4.78 is 10.6. The average Bonchev–Trinajstić information content (AvgIpc) is 2.58. The summed E-state index contributed by atoms with van der Waals surface area (Å²) in [5, 5.41) is 66.7. The largest absolute Gasteiger partial charge is 0.504 e. The van der Waals surface area contributed by atoms with Crippen LogP contribution in [0.3, 0.4) is 0 Å². The topological polar surface area (TPSA) is 160 Å². The molecule has 136 valence electrons. The molecule has 1 heterocycles. The highest BCUT2D eigenvalue weighted by molar-refractivity contribution is 5.42. The highest BCUT2D eigenvalue weighted by Gasteiger charge is 2.44. The first-order valence-corrected chi connectivity index (χ1v) is 7.45. The molecule has 24 heavy (non-hydrogen) atoms. The molecular formula is C15H22O9. The van der Waals surface area contributed by atoms with Crippen LogP contribution in [-0.2, 0) is 11.2 Å². The Morgan fingerprint density at radius 3 is 2.42 bits per heavy atom. The van der Waals surface area contributed by atoms with Crippen LogP contribution in [0.15, 0.2) is 18.2 Å². The first kappa shape index (κ1) is 18.9. The average molecular weight is 346 g/mol. The Hall–Kier alpha value is -1.46. The second-order valence-corrected chi connectivity index (χ2v) is 5.66. The van der Waals surface area contributed by atoms with E-state index in [-0.39, 0.29) is 17.9 Å². The van der Waals surface area contributed by atoms with E-state index in [9.17, 15) is 25.5 Å². The summed E-state index contributed by atoms with van der Waals surface area (Å²) in [6, 6.07) is 4.21. The lowest BCUT2D eigenvalue weighted by atomic mass is 9.99. The van der Waals surface area contributed by atoms with Crippen LogP contribution in [0.5, 0.6) is 11.5 Å². The summed E-state index contributed by atoms with van der Waals surface area (Å²) in [4.78, 5) is 0. The maximum atomic E-state index is 9.93. The fourth-order valence-electron chi connectivity index (χ4n) is 2.41. The second kappa shape index (κ2) is 8.08. The van der Waals surface area contributed by atoms with Crippen LogP contribution in [0, 0.1) is 0 Å². The number of aliphatic hydroxyl groups excluding tert-OH is 6. The van der Waals surface area contributed by atoms with E-state index in [1.165, 1.54) is 18.2 Å². The van der Waals surface area contributed by atoms with E-state index >= 15 is 0 Å². The number of hydrogen-bond donors (Lipinski definition) is 7. The predicted molar refractivity (Wildman–Crippen MR) is 79.3 cm³/mol. The quantitative estimate of drug-likeness (QED) is 0.294. The van der Waals surface area contributed by atoms with Crippen molar-refractivity contribution < 1.29 is 45.2 Å². The van der Waals surface area contributed by atoms with E-state index in [0.717, 1.165) is 0 Å². The highest BCUT2D eigenvalue weighted by atomic mass is 16.7. The van der Waals surface area contributed by atoms with E-state index in [1.807, 2.05) is 0 Å². The van der Waals surface area contributed by atoms with Gasteiger partial charge in [-0.3, -0.25) is 0 Å². The number of rotatable bonds is 6. The standard InChI is InChI=1S/C15H22O9/c16-5-8(18)3-7-1-2-9(19)10(4-7)23-15-14(22)13(21)12(20)11(6-17)24-15/h1-2,4,8,11-22H,3,5-6H2/t8?,11-,12+,13+,14-,15-/m1/s1. The van der Waals surface area contributed by atoms with E-state index in [1.54, 1.807) is 0 Å². The molecule has 2 rings (SSSR count). The van der Waals surface area contributed by atoms with Gasteiger partial charge in [0.1, 0.15) is 24.4 Å². The van der Waals surface area contributed by atoms with Gasteiger partial charge in [0, 0.05) is 6.42 Å². The molecule has 0 spiro atoms. The van der Waals surface area contributed by atoms with Gasteiger partial charge in [0.25, 0.3) is 0 Å². The van der Waals surface area contributed by atoms with E-state index in [2.05, 4.69) is 0 Å². The van der Waals surface area contributed by atoms with Crippen LogP contribution in [0.2, 0.25) is 0 Å². The number of hydrogen-bond acceptors (Lipinski definition) is 9. The molecule has 0 amide bonds. The van der Waals surface area contributed by atoms with Crippen molar-refractivity contribution in [3.8, 4) is 11.5 Å². The minimum absolute atomic E-state index is 0.0815. The van der Waals surface area contributed by atoms with Crippen LogP contribution in [0.1, 0.15) is 5.56 Å². The minimum atomic E-state index is -1.60. The van der Waals surface area contributed by atoms with Crippen molar-refractivity contribution in [2.45, 2.75) is 43.2 Å². The van der Waals surface area contributed by atoms with Crippen LogP contribution in [-0.4, -0.2) is 85.8 Å². The van der Waals surface area contributed by atoms with Gasteiger partial charge in [-0.2, -0.15) is 0 Å². The lowest BCUT2D eigenvalue weighted by Gasteiger charge is -2.39. The van der Waals surface area contributed by atoms with Crippen LogP contribution < -0.4 is 4.74 Å². The molecular weight excluding hydrogens is 324 g/mol. The van der Waals surface area contributed by atoms with Crippen molar-refractivity contribution in [3.05, 3.63) is 23.8 Å². The third kappa shape index (κ3) is 4.14. The zero-order valence-corrected chi connectivity index (χ0v) is 12.8. The van der Waals surface area contributed by atoms with Gasteiger partial charge in [0.2, 0.25) is 6.29 Å². The summed E-state index contributed by atoms with van der Waals surface area (Å²) in [7, 11) is 0. The van der Waals surface area contributed by atoms with Crippen molar-refractivity contribution >= 4 is 0 Å². The van der Waals surface area contributed by atoms with Gasteiger partial charge in [-0.1, -0.05) is 6.07 Å². The molecule has 9 nitrogen and oxygen atoms in total. The molecule has 0 aromatic heterocycles. The van der Waals surface area contributed by atoms with Crippen LogP contribution in [0.4, 0.5) is 0 Å². The van der Waals surface area contributed by atoms with E-state index in [0.29, 0.717) is 5.56 Å². The summed E-state index contributed by atoms with van der Waals surface area (Å²) in [5.41, 5.74) is 0.550. The lowest BCUT2D eigenvalue weighted by molar-refractivity contribution is -0.277. The molecule has 1 aromatic rings. The number of ether oxygens (including phenoxy) is 2. The molecule has 0 bridgehead atoms. The molecule has 6 atom stereocenters. The zero-order chi connectivity index (χ0) is 17.9. The molecule has 0 radical (unpaired) electrons. The molecule has 9 heteroatoms. The number of aromatic hydroxyl groups is 1. The molecule has 7 N–H and O–H groups in total. The Balaban J connectivity index is 2.15. The number of phenolic OH excluding ortho intramolecular Hbond substituents is 1. The van der Waals surface area contributed by atoms with Crippen LogP contribution >= 0.6 is 0 Å². The monoisotopic (exact) mass is 346 g/mol. The first-order valence-electron chi connectivity index (χ1n) is 7.45. The third-order valence-electron chi connectivity index (χ3n) is 3.80. The molecule has 0 saturated carbocycles. The van der Waals surface area contributed by atoms with Gasteiger partial charge in [-0.25, -0.2) is 0 Å². The number of benzene rings is 1. The Morgan fingerprint density at radius 1 is 1.08 bits per heavy atom. The Labute approximate surface area is 137 Å². The zero-order valence-electron chi connectivity index (χ0n) is 12.8. The summed E-state index contributed by atoms with van der Waals surface area (Å²) in [6.45, 7) is -1.02. The van der Waals surface area contributed by atoms with Crippen LogP contribution in [0.25, 0.3) is 0 Å². The fourth-order valence-corrected chi connectivity index (χ4v) is 2.41. The predicted octanol–water partition coefficient (Wildman–Crippen LogP) is -2.53. The van der Waals surface area contributed by atoms with E-state index in [4.69, 9.17) is 19.7 Å². The van der Waals surface area contributed by atoms with Crippen molar-refractivity contribution in [1.29, 1.82) is 0 Å². The highest BCUT2D eigenvalue weighted by Crippen LogP contribution is 2.31. The SMILES string of the molecule is OCC(O)Cc1ccc(O)c(O[C@@H]2O[C@H](CO)[C@H](O)[C@H](O)[C@H]2O)c1. The Bertz CT molecular complexity index is 536. The van der Waals surface area contributed by atoms with Gasteiger partial charge >= 0.3 is 0 Å². The maximum absolute atomic E-state index is 9.93. The van der Waals surface area contributed by atoms with Crippen molar-refractivity contribution in [1.82, 2.24) is 0 Å². The number of phenols is 1. The smallest absolute Gasteiger partial charge is 0.229 e. The van der Waals surface area contributed by atoms with Gasteiger partial charge in [-0.15, -0.1) is 0 Å². The van der Waals surface area contributed by atoms with Gasteiger partial charge in [0.05, 0.1) is 19.3 Å². The molecule has 1 unspecified atom stereocenters. The van der Waals surface area contributed by atoms with Crippen molar-refractivity contribution in [3.63, 3.8) is 0 Å². The summed E-state index contributed by atoms with van der Waals surface area (Å²) in [6.07, 6.45) is -8.13. The molecule has 1 fully saturated rings. The molecule has 1 aliphatic rings. The fraction of sp³-hybridized carbons (Fsp3) is 0.600. The summed E-state index contributed by atoms with van der Waals surface area (Å²) >= 11 is 0. The Kier molecular flexibility index (Phi) is 6.35. The second-order valence-electron chi connectivity index (χ2n) is 5.66. The van der Waals surface area contributed by atoms with Gasteiger partial charge < -0.3 is 45.2 Å². The van der Waals surface area contributed by atoms with E-state index < -0.39 is 50.0 Å². The molecule has 0 aliphatic carbocycles. The molecule has 1 saturated heterocycles. The maximum Gasteiger partial charge on any atom is 0.229 e. The third-order valence-corrected chi connectivity index (χ3v) is 3.80. The van der Waals surface area contributed by atoms with Gasteiger partial charge in [0.15, 0.2) is 11.5 Å². The minimum Gasteiger partial charge on any atom is -0.504 e.